The third kappa shape index (κ3) is 5.96. The molecule has 0 unspecified atom stereocenters. The van der Waals surface area contributed by atoms with Gasteiger partial charge in [0.1, 0.15) is 6.10 Å². The minimum absolute atomic E-state index is 0.400. The fourth-order valence-corrected chi connectivity index (χ4v) is 2.97. The molecule has 0 N–H and O–H groups in total. The summed E-state index contributed by atoms with van der Waals surface area (Å²) in [6.45, 7) is 13.7. The Morgan fingerprint density at radius 2 is 1.73 bits per heavy atom. The summed E-state index contributed by atoms with van der Waals surface area (Å²) in [6, 6.07) is 6.15. The van der Waals surface area contributed by atoms with Crippen LogP contribution in [0.3, 0.4) is 0 Å². The summed E-state index contributed by atoms with van der Waals surface area (Å²) < 4.78 is 5.94. The summed E-state index contributed by atoms with van der Waals surface area (Å²) in [7, 11) is 0. The van der Waals surface area contributed by atoms with Crippen LogP contribution in [0.1, 0.15) is 66.0 Å². The number of hydrogen-bond acceptors (Lipinski definition) is 3. The van der Waals surface area contributed by atoms with Gasteiger partial charge in [-0.3, -0.25) is 4.90 Å². The van der Waals surface area contributed by atoms with Gasteiger partial charge in [-0.05, 0) is 37.7 Å². The number of aromatic nitrogens is 1. The van der Waals surface area contributed by atoms with Crippen LogP contribution in [0.15, 0.2) is 18.2 Å². The lowest BCUT2D eigenvalue weighted by Crippen LogP contribution is -2.44. The van der Waals surface area contributed by atoms with E-state index in [1.165, 1.54) is 38.8 Å². The Labute approximate surface area is 137 Å². The van der Waals surface area contributed by atoms with E-state index in [1.807, 2.05) is 33.8 Å². The highest BCUT2D eigenvalue weighted by atomic mass is 16.5. The first-order valence-corrected chi connectivity index (χ1v) is 9.14. The molecule has 2 aliphatic rings. The van der Waals surface area contributed by atoms with E-state index >= 15 is 0 Å². The number of hydrogen-bond donors (Lipinski definition) is 0. The van der Waals surface area contributed by atoms with E-state index in [4.69, 9.17) is 4.74 Å². The first-order valence-electron chi connectivity index (χ1n) is 9.14. The Kier molecular flexibility index (Phi) is 9.14. The maximum absolute atomic E-state index is 5.94. The first kappa shape index (κ1) is 19.0. The van der Waals surface area contributed by atoms with Gasteiger partial charge in [-0.25, -0.2) is 4.98 Å². The number of likely N-dealkylation sites (tertiary alicyclic amines) is 1. The summed E-state index contributed by atoms with van der Waals surface area (Å²) in [6.07, 6.45) is 5.38. The van der Waals surface area contributed by atoms with E-state index in [9.17, 15) is 0 Å². The van der Waals surface area contributed by atoms with Crippen LogP contribution >= 0.6 is 0 Å². The van der Waals surface area contributed by atoms with Gasteiger partial charge in [-0.2, -0.15) is 0 Å². The van der Waals surface area contributed by atoms with Crippen LogP contribution in [-0.4, -0.2) is 29.1 Å². The van der Waals surface area contributed by atoms with Crippen molar-refractivity contribution in [3.63, 3.8) is 0 Å². The lowest BCUT2D eigenvalue weighted by molar-refractivity contribution is 0.103. The summed E-state index contributed by atoms with van der Waals surface area (Å²) in [5.74, 6) is 1.66. The second kappa shape index (κ2) is 10.6. The van der Waals surface area contributed by atoms with Crippen molar-refractivity contribution in [1.82, 2.24) is 9.88 Å². The molecule has 1 aromatic rings. The molecular weight excluding hydrogens is 272 g/mol. The third-order valence-corrected chi connectivity index (χ3v) is 3.90. The molecule has 0 aromatic carbocycles. The largest absolute Gasteiger partial charge is 0.474 e. The van der Waals surface area contributed by atoms with Gasteiger partial charge in [-0.15, -0.1) is 0 Å². The van der Waals surface area contributed by atoms with Crippen LogP contribution in [-0.2, 0) is 6.54 Å². The molecule has 0 radical (unpaired) electrons. The van der Waals surface area contributed by atoms with Gasteiger partial charge in [0.05, 0.1) is 5.69 Å². The molecule has 0 bridgehead atoms. The van der Waals surface area contributed by atoms with Crippen LogP contribution < -0.4 is 4.74 Å². The molecule has 0 spiro atoms. The van der Waals surface area contributed by atoms with Gasteiger partial charge >= 0.3 is 0 Å². The molecular formula is C19H34N2O. The average Bonchev–Trinajstić information content (AvgIpc) is 3.03. The van der Waals surface area contributed by atoms with E-state index in [2.05, 4.69) is 28.9 Å². The number of rotatable bonds is 4. The lowest BCUT2D eigenvalue weighted by atomic mass is 10.0. The Bertz CT molecular complexity index is 396. The van der Waals surface area contributed by atoms with Crippen LogP contribution in [0.5, 0.6) is 5.88 Å². The Morgan fingerprint density at radius 1 is 1.09 bits per heavy atom. The van der Waals surface area contributed by atoms with Crippen molar-refractivity contribution in [2.24, 2.45) is 5.92 Å². The lowest BCUT2D eigenvalue weighted by Gasteiger charge is -2.36. The summed E-state index contributed by atoms with van der Waals surface area (Å²) >= 11 is 0. The van der Waals surface area contributed by atoms with E-state index in [-0.39, 0.29) is 0 Å². The zero-order valence-electron chi connectivity index (χ0n) is 15.1. The highest BCUT2D eigenvalue weighted by molar-refractivity contribution is 5.16. The van der Waals surface area contributed by atoms with Gasteiger partial charge < -0.3 is 4.74 Å². The fraction of sp³-hybridized carbons (Fsp3) is 0.737. The van der Waals surface area contributed by atoms with Crippen molar-refractivity contribution in [3.05, 3.63) is 23.9 Å². The van der Waals surface area contributed by atoms with E-state index < -0.39 is 0 Å². The molecule has 1 aromatic heterocycles. The Morgan fingerprint density at radius 3 is 2.32 bits per heavy atom. The van der Waals surface area contributed by atoms with Gasteiger partial charge in [0.15, 0.2) is 0 Å². The van der Waals surface area contributed by atoms with Crippen LogP contribution in [0.25, 0.3) is 0 Å². The molecule has 1 saturated heterocycles. The third-order valence-electron chi connectivity index (χ3n) is 3.90. The quantitative estimate of drug-likeness (QED) is 0.790. The SMILES string of the molecule is CC.CC.CC1CN(Cc2cccc(OC3CCCC3)n2)C1. The highest BCUT2D eigenvalue weighted by Gasteiger charge is 2.23. The van der Waals surface area contributed by atoms with Gasteiger partial charge in [-0.1, -0.05) is 40.7 Å². The molecule has 126 valence electrons. The zero-order valence-corrected chi connectivity index (χ0v) is 15.1. The molecule has 0 atom stereocenters. The molecule has 1 saturated carbocycles. The van der Waals surface area contributed by atoms with Crippen molar-refractivity contribution in [2.45, 2.75) is 73.0 Å². The number of nitrogens with zero attached hydrogens (tertiary/aromatic N) is 2. The predicted molar refractivity (Wildman–Crippen MR) is 94.3 cm³/mol. The van der Waals surface area contributed by atoms with Crippen LogP contribution in [0.2, 0.25) is 0 Å². The summed E-state index contributed by atoms with van der Waals surface area (Å²) in [5, 5.41) is 0. The zero-order chi connectivity index (χ0) is 16.4. The fourth-order valence-electron chi connectivity index (χ4n) is 2.97. The second-order valence-electron chi connectivity index (χ2n) is 5.79. The molecule has 22 heavy (non-hydrogen) atoms. The Hall–Kier alpha value is -1.09. The minimum Gasteiger partial charge on any atom is -0.474 e. The van der Waals surface area contributed by atoms with Gasteiger partial charge in [0.25, 0.3) is 0 Å². The minimum atomic E-state index is 0.400. The molecule has 3 rings (SSSR count). The molecule has 0 amide bonds. The topological polar surface area (TPSA) is 25.4 Å². The molecule has 1 aliphatic carbocycles. The predicted octanol–water partition coefficient (Wildman–Crippen LogP) is 4.91. The van der Waals surface area contributed by atoms with Crippen molar-refractivity contribution < 1.29 is 4.74 Å². The smallest absolute Gasteiger partial charge is 0.213 e. The first-order chi connectivity index (χ1) is 10.8. The average molecular weight is 306 g/mol. The monoisotopic (exact) mass is 306 g/mol. The molecule has 2 heterocycles. The van der Waals surface area contributed by atoms with Crippen LogP contribution in [0.4, 0.5) is 0 Å². The van der Waals surface area contributed by atoms with Gasteiger partial charge in [0.2, 0.25) is 5.88 Å². The van der Waals surface area contributed by atoms with Crippen molar-refractivity contribution in [1.29, 1.82) is 0 Å². The molecule has 1 aliphatic heterocycles. The van der Waals surface area contributed by atoms with E-state index in [0.717, 1.165) is 24.0 Å². The van der Waals surface area contributed by atoms with Crippen LogP contribution in [0, 0.1) is 5.92 Å². The summed E-state index contributed by atoms with van der Waals surface area (Å²) in [4.78, 5) is 7.06. The maximum atomic E-state index is 5.94. The molecule has 3 heteroatoms. The van der Waals surface area contributed by atoms with Gasteiger partial charge in [0, 0.05) is 25.7 Å². The summed E-state index contributed by atoms with van der Waals surface area (Å²) in [5.41, 5.74) is 1.14. The number of ether oxygens (including phenoxy) is 1. The molecule has 2 fully saturated rings. The Balaban J connectivity index is 0.000000561. The maximum Gasteiger partial charge on any atom is 0.213 e. The second-order valence-corrected chi connectivity index (χ2v) is 5.79. The normalized spacial score (nSPS) is 18.6. The van der Waals surface area contributed by atoms with E-state index in [0.29, 0.717) is 6.10 Å². The standard InChI is InChI=1S/C15H22N2O.2C2H6/c1-12-9-17(10-12)11-13-5-4-8-15(16-13)18-14-6-2-3-7-14;2*1-2/h4-5,8,12,14H,2-3,6-7,9-11H2,1H3;2*1-2H3. The number of pyridine rings is 1. The van der Waals surface area contributed by atoms with E-state index in [1.54, 1.807) is 0 Å². The van der Waals surface area contributed by atoms with Crippen molar-refractivity contribution >= 4 is 0 Å². The van der Waals surface area contributed by atoms with Crippen molar-refractivity contribution in [2.75, 3.05) is 13.1 Å². The molecule has 3 nitrogen and oxygen atoms in total. The highest BCUT2D eigenvalue weighted by Crippen LogP contribution is 2.23. The van der Waals surface area contributed by atoms with Crippen molar-refractivity contribution in [3.8, 4) is 5.88 Å².